The molecule has 3 N–H and O–H groups in total. The highest BCUT2D eigenvalue weighted by atomic mass is 35.6. The molecule has 0 fully saturated rings. The summed E-state index contributed by atoms with van der Waals surface area (Å²) in [7, 11) is 0. The van der Waals surface area contributed by atoms with Crippen LogP contribution in [0, 0.1) is 0 Å². The van der Waals surface area contributed by atoms with Crippen molar-refractivity contribution in [3.63, 3.8) is 0 Å². The van der Waals surface area contributed by atoms with Crippen molar-refractivity contribution in [3.8, 4) is 16.9 Å². The van der Waals surface area contributed by atoms with Gasteiger partial charge >= 0.3 is 0 Å². The van der Waals surface area contributed by atoms with E-state index in [0.29, 0.717) is 13.0 Å². The van der Waals surface area contributed by atoms with E-state index in [1.54, 1.807) is 12.1 Å². The Hall–Kier alpha value is -2.73. The summed E-state index contributed by atoms with van der Waals surface area (Å²) in [6, 6.07) is 22.5. The summed E-state index contributed by atoms with van der Waals surface area (Å²) in [5.41, 5.74) is 4.14. The quantitative estimate of drug-likeness (QED) is 0.265. The number of carbonyl (C=O) groups excluding carboxylic acids is 2. The molecular formula is C29H33Cl3N2O3. The van der Waals surface area contributed by atoms with Gasteiger partial charge in [0.05, 0.1) is 6.42 Å². The van der Waals surface area contributed by atoms with Crippen LogP contribution in [0.5, 0.6) is 5.75 Å². The molecule has 0 bridgehead atoms. The lowest BCUT2D eigenvalue weighted by atomic mass is 9.93. The van der Waals surface area contributed by atoms with E-state index in [-0.39, 0.29) is 18.1 Å². The van der Waals surface area contributed by atoms with Gasteiger partial charge in [0.2, 0.25) is 5.91 Å². The van der Waals surface area contributed by atoms with Crippen LogP contribution in [-0.2, 0) is 29.0 Å². The van der Waals surface area contributed by atoms with E-state index in [1.165, 1.54) is 0 Å². The maximum atomic E-state index is 12.6. The fraction of sp³-hybridized carbons (Fsp3) is 0.310. The van der Waals surface area contributed by atoms with E-state index in [4.69, 9.17) is 34.8 Å². The number of nitrogens with one attached hydrogen (secondary N) is 2. The van der Waals surface area contributed by atoms with Crippen molar-refractivity contribution in [2.75, 3.05) is 0 Å². The standard InChI is InChI=1S/C27H27Cl3N2O3.C2H6/c1-26(2,32-25(35)27(28,29)30)16-19-6-3-5-18(13-19)15-24(34)31-17-20-7-4-8-22(14-20)21-9-11-23(33)12-10-21;1-2/h3-14,33H,15-17H2,1-2H3,(H,31,34)(H,32,35);1-2H3. The van der Waals surface area contributed by atoms with Crippen LogP contribution in [0.1, 0.15) is 44.4 Å². The molecule has 0 unspecified atom stereocenters. The molecule has 37 heavy (non-hydrogen) atoms. The Labute approximate surface area is 234 Å². The number of phenols is 1. The second-order valence-corrected chi connectivity index (χ2v) is 11.3. The number of benzene rings is 3. The number of amides is 2. The molecule has 0 spiro atoms. The lowest BCUT2D eigenvalue weighted by Crippen LogP contribution is -2.49. The van der Waals surface area contributed by atoms with Crippen LogP contribution in [0.15, 0.2) is 72.8 Å². The normalized spacial score (nSPS) is 11.2. The minimum atomic E-state index is -2.03. The second kappa shape index (κ2) is 13.7. The van der Waals surface area contributed by atoms with E-state index in [1.807, 2.05) is 88.4 Å². The van der Waals surface area contributed by atoms with Gasteiger partial charge in [0.15, 0.2) is 0 Å². The van der Waals surface area contributed by atoms with Gasteiger partial charge in [-0.05, 0) is 66.3 Å². The third kappa shape index (κ3) is 10.3. The number of phenolic OH excluding ortho intramolecular Hbond substituents is 1. The van der Waals surface area contributed by atoms with Crippen LogP contribution in [0.3, 0.4) is 0 Å². The molecule has 0 saturated heterocycles. The smallest absolute Gasteiger partial charge is 0.272 e. The van der Waals surface area contributed by atoms with Gasteiger partial charge in [0, 0.05) is 12.1 Å². The Morgan fingerprint density at radius 3 is 2.05 bits per heavy atom. The van der Waals surface area contributed by atoms with Crippen molar-refractivity contribution < 1.29 is 14.7 Å². The average molecular weight is 564 g/mol. The average Bonchev–Trinajstić information content (AvgIpc) is 2.84. The maximum absolute atomic E-state index is 12.6. The number of rotatable bonds is 8. The first-order valence-electron chi connectivity index (χ1n) is 12.0. The van der Waals surface area contributed by atoms with Gasteiger partial charge in [-0.3, -0.25) is 9.59 Å². The van der Waals surface area contributed by atoms with Crippen LogP contribution in [-0.4, -0.2) is 26.3 Å². The molecule has 3 rings (SSSR count). The van der Waals surface area contributed by atoms with Gasteiger partial charge in [0.25, 0.3) is 9.70 Å². The Bertz CT molecular complexity index is 1190. The maximum Gasteiger partial charge on any atom is 0.272 e. The summed E-state index contributed by atoms with van der Waals surface area (Å²) in [5, 5.41) is 15.2. The fourth-order valence-corrected chi connectivity index (χ4v) is 3.89. The Balaban J connectivity index is 0.00000235. The Morgan fingerprint density at radius 1 is 0.811 bits per heavy atom. The molecule has 2 amide bonds. The van der Waals surface area contributed by atoms with Crippen molar-refractivity contribution in [1.29, 1.82) is 0 Å². The van der Waals surface area contributed by atoms with E-state index in [2.05, 4.69) is 10.6 Å². The Kier molecular flexibility index (Phi) is 11.3. The number of halogens is 3. The van der Waals surface area contributed by atoms with Gasteiger partial charge in [-0.2, -0.15) is 0 Å². The monoisotopic (exact) mass is 562 g/mol. The summed E-state index contributed by atoms with van der Waals surface area (Å²) >= 11 is 17.0. The molecule has 0 heterocycles. The molecular weight excluding hydrogens is 531 g/mol. The number of hydrogen-bond acceptors (Lipinski definition) is 3. The summed E-state index contributed by atoms with van der Waals surface area (Å²) in [6.07, 6.45) is 0.728. The summed E-state index contributed by atoms with van der Waals surface area (Å²) in [4.78, 5) is 24.6. The number of carbonyl (C=O) groups is 2. The summed E-state index contributed by atoms with van der Waals surface area (Å²) in [5.74, 6) is -0.559. The number of aromatic hydroxyl groups is 1. The van der Waals surface area contributed by atoms with E-state index < -0.39 is 15.2 Å². The predicted molar refractivity (Wildman–Crippen MR) is 153 cm³/mol. The van der Waals surface area contributed by atoms with E-state index in [0.717, 1.165) is 27.8 Å². The summed E-state index contributed by atoms with van der Waals surface area (Å²) < 4.78 is -2.03. The molecule has 198 valence electrons. The van der Waals surface area contributed by atoms with E-state index >= 15 is 0 Å². The molecule has 0 atom stereocenters. The predicted octanol–water partition coefficient (Wildman–Crippen LogP) is 6.75. The van der Waals surface area contributed by atoms with Crippen molar-refractivity contribution in [3.05, 3.63) is 89.5 Å². The molecule has 5 nitrogen and oxygen atoms in total. The molecule has 3 aromatic rings. The van der Waals surface area contributed by atoms with Gasteiger partial charge in [0.1, 0.15) is 5.75 Å². The third-order valence-corrected chi connectivity index (χ3v) is 5.84. The molecule has 0 aliphatic carbocycles. The van der Waals surface area contributed by atoms with Crippen molar-refractivity contribution >= 4 is 46.6 Å². The molecule has 8 heteroatoms. The Morgan fingerprint density at radius 2 is 1.41 bits per heavy atom. The molecule has 0 aromatic heterocycles. The topological polar surface area (TPSA) is 78.4 Å². The SMILES string of the molecule is CC.CC(C)(Cc1cccc(CC(=O)NCc2cccc(-c3ccc(O)cc3)c2)c1)NC(=O)C(Cl)(Cl)Cl. The fourth-order valence-electron chi connectivity index (χ4n) is 3.75. The van der Waals surface area contributed by atoms with Crippen molar-refractivity contribution in [1.82, 2.24) is 10.6 Å². The zero-order chi connectivity index (χ0) is 27.6. The number of hydrogen-bond donors (Lipinski definition) is 3. The van der Waals surface area contributed by atoms with Crippen LogP contribution in [0.25, 0.3) is 11.1 Å². The zero-order valence-corrected chi connectivity index (χ0v) is 23.7. The highest BCUT2D eigenvalue weighted by Gasteiger charge is 2.34. The first-order valence-corrected chi connectivity index (χ1v) is 13.2. The van der Waals surface area contributed by atoms with Crippen LogP contribution >= 0.6 is 34.8 Å². The first-order chi connectivity index (χ1) is 17.4. The van der Waals surface area contributed by atoms with Crippen molar-refractivity contribution in [2.24, 2.45) is 0 Å². The van der Waals surface area contributed by atoms with Gasteiger partial charge in [-0.1, -0.05) is 103 Å². The zero-order valence-electron chi connectivity index (χ0n) is 21.4. The van der Waals surface area contributed by atoms with Crippen LogP contribution < -0.4 is 10.6 Å². The molecule has 3 aromatic carbocycles. The minimum Gasteiger partial charge on any atom is -0.508 e. The lowest BCUT2D eigenvalue weighted by Gasteiger charge is -2.28. The van der Waals surface area contributed by atoms with Crippen LogP contribution in [0.4, 0.5) is 0 Å². The van der Waals surface area contributed by atoms with Gasteiger partial charge in [-0.25, -0.2) is 0 Å². The molecule has 0 saturated carbocycles. The minimum absolute atomic E-state index is 0.0963. The first kappa shape index (κ1) is 30.5. The van der Waals surface area contributed by atoms with Gasteiger partial charge in [-0.15, -0.1) is 0 Å². The highest BCUT2D eigenvalue weighted by molar-refractivity contribution is 6.76. The summed E-state index contributed by atoms with van der Waals surface area (Å²) in [6.45, 7) is 8.08. The number of alkyl halides is 3. The van der Waals surface area contributed by atoms with Gasteiger partial charge < -0.3 is 15.7 Å². The molecule has 0 radical (unpaired) electrons. The molecule has 0 aliphatic heterocycles. The van der Waals surface area contributed by atoms with Crippen LogP contribution in [0.2, 0.25) is 0 Å². The lowest BCUT2D eigenvalue weighted by molar-refractivity contribution is -0.122. The highest BCUT2D eigenvalue weighted by Crippen LogP contribution is 2.27. The van der Waals surface area contributed by atoms with Crippen molar-refractivity contribution in [2.45, 2.75) is 56.4 Å². The third-order valence-electron chi connectivity index (χ3n) is 5.33. The van der Waals surface area contributed by atoms with E-state index in [9.17, 15) is 14.7 Å². The largest absolute Gasteiger partial charge is 0.508 e. The molecule has 0 aliphatic rings. The second-order valence-electron chi connectivity index (χ2n) is 9.03.